The molecule has 1 aliphatic rings. The van der Waals surface area contributed by atoms with Crippen molar-refractivity contribution in [2.24, 2.45) is 5.92 Å². The smallest absolute Gasteiger partial charge is 0.130 e. The van der Waals surface area contributed by atoms with Crippen LogP contribution < -0.4 is 5.32 Å². The first kappa shape index (κ1) is 15.0. The van der Waals surface area contributed by atoms with E-state index in [0.29, 0.717) is 10.2 Å². The van der Waals surface area contributed by atoms with E-state index < -0.39 is 0 Å². The number of hydrogen-bond donors (Lipinski definition) is 1. The third-order valence-electron chi connectivity index (χ3n) is 3.65. The van der Waals surface area contributed by atoms with Gasteiger partial charge in [-0.15, -0.1) is 0 Å². The highest BCUT2D eigenvalue weighted by molar-refractivity contribution is 6.34. The van der Waals surface area contributed by atoms with Gasteiger partial charge in [0.2, 0.25) is 0 Å². The number of halogens is 2. The van der Waals surface area contributed by atoms with E-state index in [4.69, 9.17) is 23.2 Å². The molecule has 106 valence electrons. The summed E-state index contributed by atoms with van der Waals surface area (Å²) in [6.07, 6.45) is 4.38. The average molecular weight is 302 g/mol. The van der Waals surface area contributed by atoms with Crippen molar-refractivity contribution in [2.45, 2.75) is 26.3 Å². The third-order valence-corrected chi connectivity index (χ3v) is 4.21. The monoisotopic (exact) mass is 301 g/mol. The Morgan fingerprint density at radius 3 is 2.95 bits per heavy atom. The first-order valence-electron chi connectivity index (χ1n) is 6.92. The topological polar surface area (TPSA) is 28.2 Å². The van der Waals surface area contributed by atoms with E-state index in [1.54, 1.807) is 12.3 Å². The van der Waals surface area contributed by atoms with Gasteiger partial charge in [-0.2, -0.15) is 0 Å². The maximum atomic E-state index is 6.21. The van der Waals surface area contributed by atoms with Crippen LogP contribution in [0.3, 0.4) is 0 Å². The van der Waals surface area contributed by atoms with Crippen molar-refractivity contribution in [1.82, 2.24) is 15.2 Å². The second kappa shape index (κ2) is 7.44. The van der Waals surface area contributed by atoms with Gasteiger partial charge in [0.1, 0.15) is 5.15 Å². The summed E-state index contributed by atoms with van der Waals surface area (Å²) in [6, 6.07) is 1.72. The average Bonchev–Trinajstić information content (AvgIpc) is 2.42. The maximum absolute atomic E-state index is 6.21. The number of piperidine rings is 1. The van der Waals surface area contributed by atoms with Crippen LogP contribution in [0.5, 0.6) is 0 Å². The second-order valence-corrected chi connectivity index (χ2v) is 5.93. The molecule has 1 N–H and O–H groups in total. The fourth-order valence-corrected chi connectivity index (χ4v) is 2.97. The predicted octanol–water partition coefficient (Wildman–Crippen LogP) is 3.21. The molecule has 2 rings (SSSR count). The van der Waals surface area contributed by atoms with Crippen molar-refractivity contribution in [3.63, 3.8) is 0 Å². The first-order chi connectivity index (χ1) is 9.19. The number of nitrogens with one attached hydrogen (secondary N) is 1. The molecule has 0 radical (unpaired) electrons. The van der Waals surface area contributed by atoms with E-state index >= 15 is 0 Å². The zero-order chi connectivity index (χ0) is 13.7. The lowest BCUT2D eigenvalue weighted by atomic mass is 9.99. The first-order valence-corrected chi connectivity index (χ1v) is 7.67. The van der Waals surface area contributed by atoms with Gasteiger partial charge < -0.3 is 5.32 Å². The Kier molecular flexibility index (Phi) is 5.89. The van der Waals surface area contributed by atoms with Crippen molar-refractivity contribution in [3.8, 4) is 0 Å². The molecule has 0 saturated carbocycles. The molecule has 1 unspecified atom stereocenters. The van der Waals surface area contributed by atoms with Crippen LogP contribution >= 0.6 is 23.2 Å². The molecular weight excluding hydrogens is 281 g/mol. The predicted molar refractivity (Wildman–Crippen MR) is 80.8 cm³/mol. The van der Waals surface area contributed by atoms with E-state index in [-0.39, 0.29) is 0 Å². The van der Waals surface area contributed by atoms with Crippen molar-refractivity contribution >= 4 is 23.2 Å². The van der Waals surface area contributed by atoms with E-state index in [1.807, 2.05) is 0 Å². The van der Waals surface area contributed by atoms with E-state index in [0.717, 1.165) is 44.2 Å². The van der Waals surface area contributed by atoms with Gasteiger partial charge in [0.25, 0.3) is 0 Å². The maximum Gasteiger partial charge on any atom is 0.130 e. The number of aromatic nitrogens is 1. The van der Waals surface area contributed by atoms with Gasteiger partial charge in [0.15, 0.2) is 0 Å². The highest BCUT2D eigenvalue weighted by atomic mass is 35.5. The minimum atomic E-state index is 0.452. The molecular formula is C14H21Cl2N3. The van der Waals surface area contributed by atoms with Gasteiger partial charge in [-0.05, 0) is 44.5 Å². The molecule has 0 aromatic carbocycles. The minimum Gasteiger partial charge on any atom is -0.316 e. The summed E-state index contributed by atoms with van der Waals surface area (Å²) in [5, 5.41) is 4.63. The summed E-state index contributed by atoms with van der Waals surface area (Å²) >= 11 is 12.0. The molecule has 3 nitrogen and oxygen atoms in total. The summed E-state index contributed by atoms with van der Waals surface area (Å²) in [4.78, 5) is 6.54. The summed E-state index contributed by atoms with van der Waals surface area (Å²) in [7, 11) is 0. The zero-order valence-corrected chi connectivity index (χ0v) is 12.8. The number of pyridine rings is 1. The lowest BCUT2D eigenvalue weighted by Gasteiger charge is -2.29. The number of nitrogens with zero attached hydrogens (tertiary/aromatic N) is 2. The quantitative estimate of drug-likeness (QED) is 0.847. The molecule has 0 aliphatic carbocycles. The summed E-state index contributed by atoms with van der Waals surface area (Å²) < 4.78 is 0. The number of rotatable bonds is 5. The highest BCUT2D eigenvalue weighted by Crippen LogP contribution is 2.21. The van der Waals surface area contributed by atoms with Gasteiger partial charge >= 0.3 is 0 Å². The molecule has 0 amide bonds. The lowest BCUT2D eigenvalue weighted by molar-refractivity contribution is 0.209. The van der Waals surface area contributed by atoms with Crippen molar-refractivity contribution in [3.05, 3.63) is 28.0 Å². The summed E-state index contributed by atoms with van der Waals surface area (Å²) in [5.41, 5.74) is 1.05. The number of hydrogen-bond acceptors (Lipinski definition) is 3. The Hall–Kier alpha value is -0.350. The molecule has 1 fully saturated rings. The second-order valence-electron chi connectivity index (χ2n) is 5.14. The molecule has 0 bridgehead atoms. The fraction of sp³-hybridized carbons (Fsp3) is 0.643. The van der Waals surface area contributed by atoms with Crippen molar-refractivity contribution in [1.29, 1.82) is 0 Å². The lowest BCUT2D eigenvalue weighted by Crippen LogP contribution is -2.38. The molecule has 2 heterocycles. The Balaban J connectivity index is 1.94. The molecule has 19 heavy (non-hydrogen) atoms. The molecule has 1 saturated heterocycles. The Bertz CT molecular complexity index is 406. The Morgan fingerprint density at radius 2 is 2.32 bits per heavy atom. The van der Waals surface area contributed by atoms with Gasteiger partial charge in [-0.3, -0.25) is 4.90 Å². The van der Waals surface area contributed by atoms with Gasteiger partial charge in [0.05, 0.1) is 0 Å². The van der Waals surface area contributed by atoms with Crippen LogP contribution in [-0.2, 0) is 6.54 Å². The van der Waals surface area contributed by atoms with E-state index in [9.17, 15) is 0 Å². The standard InChI is InChI=1S/C14H21Cl2N3/c1-2-19(9-11-4-3-5-17-7-11)10-12-8-18-14(16)6-13(12)15/h6,8,11,17H,2-5,7,9-10H2,1H3. The van der Waals surface area contributed by atoms with Gasteiger partial charge in [0, 0.05) is 29.9 Å². The van der Waals surface area contributed by atoms with Crippen LogP contribution in [0.4, 0.5) is 0 Å². The van der Waals surface area contributed by atoms with Gasteiger partial charge in [-0.1, -0.05) is 30.1 Å². The minimum absolute atomic E-state index is 0.452. The third kappa shape index (κ3) is 4.60. The van der Waals surface area contributed by atoms with Crippen molar-refractivity contribution in [2.75, 3.05) is 26.2 Å². The van der Waals surface area contributed by atoms with Crippen LogP contribution in [0.25, 0.3) is 0 Å². The van der Waals surface area contributed by atoms with Crippen LogP contribution in [0.15, 0.2) is 12.3 Å². The van der Waals surface area contributed by atoms with Crippen molar-refractivity contribution < 1.29 is 0 Å². The normalized spacial score (nSPS) is 19.9. The molecule has 1 aromatic heterocycles. The van der Waals surface area contributed by atoms with Crippen LogP contribution in [-0.4, -0.2) is 36.1 Å². The molecule has 1 aliphatic heterocycles. The molecule has 1 atom stereocenters. The summed E-state index contributed by atoms with van der Waals surface area (Å²) in [5.74, 6) is 0.743. The van der Waals surface area contributed by atoms with E-state index in [1.165, 1.54) is 12.8 Å². The SMILES string of the molecule is CCN(Cc1cnc(Cl)cc1Cl)CC1CCCNC1. The van der Waals surface area contributed by atoms with Crippen LogP contribution in [0.1, 0.15) is 25.3 Å². The van der Waals surface area contributed by atoms with Crippen LogP contribution in [0.2, 0.25) is 10.2 Å². The Labute approximate surface area is 125 Å². The Morgan fingerprint density at radius 1 is 1.47 bits per heavy atom. The molecule has 5 heteroatoms. The zero-order valence-electron chi connectivity index (χ0n) is 11.3. The fourth-order valence-electron chi connectivity index (χ4n) is 2.54. The van der Waals surface area contributed by atoms with E-state index in [2.05, 4.69) is 22.1 Å². The van der Waals surface area contributed by atoms with Gasteiger partial charge in [-0.25, -0.2) is 4.98 Å². The molecule has 0 spiro atoms. The summed E-state index contributed by atoms with van der Waals surface area (Å²) in [6.45, 7) is 7.46. The largest absolute Gasteiger partial charge is 0.316 e. The van der Waals surface area contributed by atoms with Crippen LogP contribution in [0, 0.1) is 5.92 Å². The highest BCUT2D eigenvalue weighted by Gasteiger charge is 2.17. The molecule has 1 aromatic rings.